The van der Waals surface area contributed by atoms with Gasteiger partial charge in [0.2, 0.25) is 15.9 Å². The van der Waals surface area contributed by atoms with E-state index >= 15 is 0 Å². The number of likely N-dealkylation sites (tertiary alicyclic amines) is 2. The topological polar surface area (TPSA) is 90.9 Å². The molecule has 3 aliphatic heterocycles. The van der Waals surface area contributed by atoms with Gasteiger partial charge in [-0.1, -0.05) is 13.8 Å². The monoisotopic (exact) mass is 440 g/mol. The molecule has 0 aliphatic carbocycles. The molecule has 29 heavy (non-hydrogen) atoms. The van der Waals surface area contributed by atoms with Crippen molar-refractivity contribution in [2.45, 2.75) is 51.7 Å². The highest BCUT2D eigenvalue weighted by Crippen LogP contribution is 2.41. The van der Waals surface area contributed by atoms with Crippen LogP contribution in [0.1, 0.15) is 48.6 Å². The van der Waals surface area contributed by atoms with Gasteiger partial charge in [-0.25, -0.2) is 17.7 Å². The molecule has 10 heteroatoms. The van der Waals surface area contributed by atoms with Crippen LogP contribution in [0.15, 0.2) is 5.38 Å². The molecule has 0 bridgehead atoms. The lowest BCUT2D eigenvalue weighted by atomic mass is 9.88. The standard InChI is InChI=1S/C19H28N4O4S2/c1-12(2)16-17-14(23(19(16)25)29(3,26)27)6-9-22(17)18(24)13-11-28-15(20-13)10-21-7-4-5-8-21/h11-12,14,16-17H,4-10H2,1-3H3/t14-,16+,17-/m1/s1. The summed E-state index contributed by atoms with van der Waals surface area (Å²) in [7, 11) is -3.67. The molecular formula is C19H28N4O4S2. The second-order valence-corrected chi connectivity index (χ2v) is 11.4. The van der Waals surface area contributed by atoms with Gasteiger partial charge >= 0.3 is 0 Å². The van der Waals surface area contributed by atoms with Crippen LogP contribution >= 0.6 is 11.3 Å². The Morgan fingerprint density at radius 1 is 1.28 bits per heavy atom. The van der Waals surface area contributed by atoms with Crippen LogP contribution in [-0.4, -0.2) is 77.3 Å². The van der Waals surface area contributed by atoms with Gasteiger partial charge in [0.25, 0.3) is 5.91 Å². The molecule has 3 atom stereocenters. The molecule has 160 valence electrons. The first-order chi connectivity index (χ1) is 13.7. The number of rotatable bonds is 5. The maximum absolute atomic E-state index is 13.2. The third kappa shape index (κ3) is 3.70. The fraction of sp³-hybridized carbons (Fsp3) is 0.737. The summed E-state index contributed by atoms with van der Waals surface area (Å²) in [5.41, 5.74) is 0.401. The van der Waals surface area contributed by atoms with E-state index in [2.05, 4.69) is 9.88 Å². The summed E-state index contributed by atoms with van der Waals surface area (Å²) in [6, 6.07) is -0.898. The average molecular weight is 441 g/mol. The van der Waals surface area contributed by atoms with Crippen LogP contribution in [0.2, 0.25) is 0 Å². The van der Waals surface area contributed by atoms with Crippen LogP contribution < -0.4 is 0 Å². The van der Waals surface area contributed by atoms with E-state index < -0.39 is 28.0 Å². The number of fused-ring (bicyclic) bond motifs is 1. The van der Waals surface area contributed by atoms with Crippen molar-refractivity contribution in [1.82, 2.24) is 19.1 Å². The number of carbonyl (C=O) groups excluding carboxylic acids is 2. The zero-order chi connectivity index (χ0) is 20.9. The highest BCUT2D eigenvalue weighted by Gasteiger charge is 2.58. The Kier molecular flexibility index (Phi) is 5.45. The van der Waals surface area contributed by atoms with Gasteiger partial charge in [0.15, 0.2) is 0 Å². The van der Waals surface area contributed by atoms with Gasteiger partial charge in [-0.05, 0) is 38.3 Å². The van der Waals surface area contributed by atoms with Gasteiger partial charge in [0.05, 0.1) is 30.8 Å². The number of thiazole rings is 1. The van der Waals surface area contributed by atoms with Gasteiger partial charge in [-0.3, -0.25) is 14.5 Å². The number of amides is 2. The predicted octanol–water partition coefficient (Wildman–Crippen LogP) is 1.40. The minimum Gasteiger partial charge on any atom is -0.331 e. The highest BCUT2D eigenvalue weighted by atomic mass is 32.2. The Bertz CT molecular complexity index is 907. The summed E-state index contributed by atoms with van der Waals surface area (Å²) < 4.78 is 25.5. The van der Waals surface area contributed by atoms with Crippen molar-refractivity contribution in [3.63, 3.8) is 0 Å². The van der Waals surface area contributed by atoms with E-state index in [1.807, 2.05) is 13.8 Å². The molecule has 3 fully saturated rings. The molecule has 0 spiro atoms. The second kappa shape index (κ2) is 7.63. The summed E-state index contributed by atoms with van der Waals surface area (Å²) >= 11 is 1.49. The van der Waals surface area contributed by atoms with Crippen LogP contribution in [0.25, 0.3) is 0 Å². The minimum atomic E-state index is -3.67. The summed E-state index contributed by atoms with van der Waals surface area (Å²) in [6.07, 6.45) is 3.95. The fourth-order valence-corrected chi connectivity index (χ4v) is 7.01. The number of aromatic nitrogens is 1. The molecule has 4 rings (SSSR count). The van der Waals surface area contributed by atoms with Crippen LogP contribution in [0.4, 0.5) is 0 Å². The Morgan fingerprint density at radius 3 is 2.59 bits per heavy atom. The Labute approximate surface area is 175 Å². The van der Waals surface area contributed by atoms with E-state index in [9.17, 15) is 18.0 Å². The van der Waals surface area contributed by atoms with Crippen molar-refractivity contribution in [3.05, 3.63) is 16.1 Å². The number of sulfonamides is 1. The molecule has 0 N–H and O–H groups in total. The SMILES string of the molecule is CC(C)[C@@H]1C(=O)N(S(C)(=O)=O)[C@@H]2CCN(C(=O)c3csc(CN4CCCC4)n3)[C@H]21. The van der Waals surface area contributed by atoms with Crippen molar-refractivity contribution >= 4 is 33.2 Å². The molecule has 4 heterocycles. The number of hydrogen-bond donors (Lipinski definition) is 0. The van der Waals surface area contributed by atoms with Gasteiger partial charge < -0.3 is 4.90 Å². The Balaban J connectivity index is 1.57. The summed E-state index contributed by atoms with van der Waals surface area (Å²) in [5, 5.41) is 2.71. The molecule has 1 aromatic heterocycles. The Morgan fingerprint density at radius 2 is 1.97 bits per heavy atom. The first-order valence-corrected chi connectivity index (χ1v) is 12.9. The maximum atomic E-state index is 13.2. The first-order valence-electron chi connectivity index (χ1n) is 10.2. The van der Waals surface area contributed by atoms with Gasteiger partial charge in [-0.2, -0.15) is 0 Å². The van der Waals surface area contributed by atoms with Crippen LogP contribution in [0, 0.1) is 11.8 Å². The molecule has 8 nitrogen and oxygen atoms in total. The molecule has 3 saturated heterocycles. The molecule has 0 aromatic carbocycles. The van der Waals surface area contributed by atoms with Gasteiger partial charge in [0.1, 0.15) is 10.7 Å². The molecule has 0 saturated carbocycles. The molecule has 2 amide bonds. The number of nitrogens with zero attached hydrogens (tertiary/aromatic N) is 4. The van der Waals surface area contributed by atoms with Gasteiger partial charge in [0, 0.05) is 11.9 Å². The molecule has 1 aromatic rings. The molecular weight excluding hydrogens is 412 g/mol. The highest BCUT2D eigenvalue weighted by molar-refractivity contribution is 7.88. The minimum absolute atomic E-state index is 0.0590. The molecule has 0 radical (unpaired) electrons. The lowest BCUT2D eigenvalue weighted by Gasteiger charge is -2.28. The summed E-state index contributed by atoms with van der Waals surface area (Å²) in [6.45, 7) is 7.15. The normalized spacial score (nSPS) is 28.0. The van der Waals surface area contributed by atoms with E-state index in [0.717, 1.165) is 35.2 Å². The zero-order valence-electron chi connectivity index (χ0n) is 17.1. The largest absolute Gasteiger partial charge is 0.331 e. The van der Waals surface area contributed by atoms with Gasteiger partial charge in [-0.15, -0.1) is 11.3 Å². The summed E-state index contributed by atoms with van der Waals surface area (Å²) in [5.74, 6) is -1.15. The second-order valence-electron chi connectivity index (χ2n) is 8.62. The number of hydrogen-bond acceptors (Lipinski definition) is 7. The van der Waals surface area contributed by atoms with Crippen molar-refractivity contribution < 1.29 is 18.0 Å². The van der Waals surface area contributed by atoms with E-state index in [1.54, 1.807) is 10.3 Å². The fourth-order valence-electron chi connectivity index (χ4n) is 5.03. The van der Waals surface area contributed by atoms with Crippen molar-refractivity contribution in [3.8, 4) is 0 Å². The quantitative estimate of drug-likeness (QED) is 0.687. The summed E-state index contributed by atoms with van der Waals surface area (Å²) in [4.78, 5) is 34.7. The van der Waals surface area contributed by atoms with E-state index in [0.29, 0.717) is 18.7 Å². The number of carbonyl (C=O) groups is 2. The Hall–Kier alpha value is -1.52. The lowest BCUT2D eigenvalue weighted by molar-refractivity contribution is -0.129. The third-order valence-electron chi connectivity index (χ3n) is 6.26. The van der Waals surface area contributed by atoms with Crippen molar-refractivity contribution in [2.75, 3.05) is 25.9 Å². The van der Waals surface area contributed by atoms with E-state index in [4.69, 9.17) is 0 Å². The third-order valence-corrected chi connectivity index (χ3v) is 8.26. The van der Waals surface area contributed by atoms with E-state index in [1.165, 1.54) is 24.2 Å². The van der Waals surface area contributed by atoms with Crippen molar-refractivity contribution in [2.24, 2.45) is 11.8 Å². The van der Waals surface area contributed by atoms with E-state index in [-0.39, 0.29) is 17.7 Å². The van der Waals surface area contributed by atoms with Crippen LogP contribution in [-0.2, 0) is 21.4 Å². The average Bonchev–Trinajstić information content (AvgIpc) is 3.37. The zero-order valence-corrected chi connectivity index (χ0v) is 18.7. The van der Waals surface area contributed by atoms with Crippen molar-refractivity contribution in [1.29, 1.82) is 0 Å². The first kappa shape index (κ1) is 20.7. The predicted molar refractivity (Wildman–Crippen MR) is 110 cm³/mol. The van der Waals surface area contributed by atoms with Crippen LogP contribution in [0.5, 0.6) is 0 Å². The van der Waals surface area contributed by atoms with Crippen LogP contribution in [0.3, 0.4) is 0 Å². The smallest absolute Gasteiger partial charge is 0.273 e. The molecule has 3 aliphatic rings. The molecule has 0 unspecified atom stereocenters. The lowest BCUT2D eigenvalue weighted by Crippen LogP contribution is -2.44. The maximum Gasteiger partial charge on any atom is 0.273 e.